The fourth-order valence-corrected chi connectivity index (χ4v) is 4.69. The van der Waals surface area contributed by atoms with Gasteiger partial charge in [0.15, 0.2) is 0 Å². The minimum Gasteiger partial charge on any atom is -0.506 e. The van der Waals surface area contributed by atoms with Gasteiger partial charge in [0.25, 0.3) is 0 Å². The number of carbonyl (C=O) groups excluding carboxylic acids is 1. The van der Waals surface area contributed by atoms with E-state index in [1.807, 2.05) is 31.2 Å². The molecule has 0 fully saturated rings. The SMILES string of the molecule is C[C@H](Cc1cccc(CC(=O)NCc2c(F)cccc2Cl)c1)NC[C@H](O)c1ccc(O)c(NS(C)(=O)=O)c1. The zero-order valence-electron chi connectivity index (χ0n) is 21.0. The van der Waals surface area contributed by atoms with Crippen molar-refractivity contribution in [3.05, 3.63) is 93.8 Å². The number of aromatic hydroxyl groups is 1. The van der Waals surface area contributed by atoms with Crippen LogP contribution in [0.4, 0.5) is 10.1 Å². The number of amides is 1. The Morgan fingerprint density at radius 3 is 2.50 bits per heavy atom. The van der Waals surface area contributed by atoms with Crippen LogP contribution in [0.25, 0.3) is 0 Å². The zero-order valence-corrected chi connectivity index (χ0v) is 22.6. The first-order valence-corrected chi connectivity index (χ1v) is 14.2. The first-order chi connectivity index (χ1) is 17.9. The van der Waals surface area contributed by atoms with Crippen molar-refractivity contribution in [1.29, 1.82) is 0 Å². The maximum Gasteiger partial charge on any atom is 0.229 e. The van der Waals surface area contributed by atoms with Gasteiger partial charge in [-0.05, 0) is 54.3 Å². The Hall–Kier alpha value is -3.18. The van der Waals surface area contributed by atoms with Crippen LogP contribution in [0.3, 0.4) is 0 Å². The predicted molar refractivity (Wildman–Crippen MR) is 146 cm³/mol. The van der Waals surface area contributed by atoms with E-state index < -0.39 is 21.9 Å². The van der Waals surface area contributed by atoms with Crippen LogP contribution in [0, 0.1) is 5.82 Å². The second-order valence-electron chi connectivity index (χ2n) is 9.15. The van der Waals surface area contributed by atoms with Crippen molar-refractivity contribution >= 4 is 33.2 Å². The minimum atomic E-state index is -3.59. The van der Waals surface area contributed by atoms with E-state index in [-0.39, 0.29) is 53.5 Å². The molecule has 0 saturated carbocycles. The first kappa shape index (κ1) is 29.4. The minimum absolute atomic E-state index is 0.000154. The van der Waals surface area contributed by atoms with E-state index in [1.165, 1.54) is 30.3 Å². The summed E-state index contributed by atoms with van der Waals surface area (Å²) in [5.41, 5.74) is 2.48. The molecule has 8 nitrogen and oxygen atoms in total. The van der Waals surface area contributed by atoms with Gasteiger partial charge in [0.2, 0.25) is 15.9 Å². The molecular weight excluding hydrogens is 533 g/mol. The number of aliphatic hydroxyl groups is 1. The van der Waals surface area contributed by atoms with Crippen molar-refractivity contribution in [2.24, 2.45) is 0 Å². The van der Waals surface area contributed by atoms with Crippen LogP contribution in [-0.2, 0) is 34.2 Å². The van der Waals surface area contributed by atoms with Gasteiger partial charge in [0.1, 0.15) is 11.6 Å². The number of nitrogens with one attached hydrogen (secondary N) is 3. The molecule has 0 bridgehead atoms. The number of benzene rings is 3. The summed E-state index contributed by atoms with van der Waals surface area (Å²) in [4.78, 5) is 12.4. The molecule has 5 N–H and O–H groups in total. The van der Waals surface area contributed by atoms with Crippen molar-refractivity contribution in [1.82, 2.24) is 10.6 Å². The number of sulfonamides is 1. The van der Waals surface area contributed by atoms with E-state index in [0.717, 1.165) is 17.4 Å². The highest BCUT2D eigenvalue weighted by atomic mass is 35.5. The van der Waals surface area contributed by atoms with Crippen molar-refractivity contribution in [3.63, 3.8) is 0 Å². The summed E-state index contributed by atoms with van der Waals surface area (Å²) in [5.74, 6) is -0.963. The third kappa shape index (κ3) is 8.98. The van der Waals surface area contributed by atoms with E-state index in [9.17, 15) is 27.8 Å². The van der Waals surface area contributed by atoms with Gasteiger partial charge >= 0.3 is 0 Å². The molecule has 2 atom stereocenters. The Morgan fingerprint density at radius 2 is 1.79 bits per heavy atom. The lowest BCUT2D eigenvalue weighted by atomic mass is 10.0. The molecule has 0 spiro atoms. The van der Waals surface area contributed by atoms with Crippen LogP contribution in [0.2, 0.25) is 5.02 Å². The maximum absolute atomic E-state index is 13.9. The molecule has 0 aromatic heterocycles. The number of hydrogen-bond acceptors (Lipinski definition) is 6. The van der Waals surface area contributed by atoms with Gasteiger partial charge in [-0.2, -0.15) is 0 Å². The largest absolute Gasteiger partial charge is 0.506 e. The van der Waals surface area contributed by atoms with Crippen molar-refractivity contribution < 1.29 is 27.8 Å². The highest BCUT2D eigenvalue weighted by Crippen LogP contribution is 2.28. The summed E-state index contributed by atoms with van der Waals surface area (Å²) in [6, 6.07) is 16.2. The summed E-state index contributed by atoms with van der Waals surface area (Å²) in [6.45, 7) is 2.16. The number of phenols is 1. The fourth-order valence-electron chi connectivity index (χ4n) is 3.90. The number of hydrogen-bond donors (Lipinski definition) is 5. The maximum atomic E-state index is 13.9. The molecular formula is C27H31ClFN3O5S. The van der Waals surface area contributed by atoms with Crippen molar-refractivity contribution in [2.45, 2.75) is 38.5 Å². The zero-order chi connectivity index (χ0) is 27.9. The molecule has 0 saturated heterocycles. The van der Waals surface area contributed by atoms with Crippen LogP contribution in [0.5, 0.6) is 5.75 Å². The lowest BCUT2D eigenvalue weighted by molar-refractivity contribution is -0.120. The lowest BCUT2D eigenvalue weighted by Gasteiger charge is -2.19. The Bertz CT molecular complexity index is 1370. The molecule has 0 radical (unpaired) electrons. The number of rotatable bonds is 12. The van der Waals surface area contributed by atoms with Crippen LogP contribution in [0.1, 0.15) is 35.3 Å². The van der Waals surface area contributed by atoms with E-state index in [1.54, 1.807) is 6.07 Å². The Morgan fingerprint density at radius 1 is 1.08 bits per heavy atom. The first-order valence-electron chi connectivity index (χ1n) is 11.9. The summed E-state index contributed by atoms with van der Waals surface area (Å²) < 4.78 is 39.1. The van der Waals surface area contributed by atoms with Gasteiger partial charge in [0, 0.05) is 29.7 Å². The van der Waals surface area contributed by atoms with Gasteiger partial charge in [-0.15, -0.1) is 0 Å². The third-order valence-corrected chi connectivity index (χ3v) is 6.73. The van der Waals surface area contributed by atoms with Gasteiger partial charge in [0.05, 0.1) is 24.5 Å². The smallest absolute Gasteiger partial charge is 0.229 e. The van der Waals surface area contributed by atoms with Crippen LogP contribution < -0.4 is 15.4 Å². The molecule has 204 valence electrons. The standard InChI is InChI=1S/C27H31ClFN3O5S/c1-17(30-16-26(34)20-9-10-25(33)24(14-20)32-38(2,36)37)11-18-5-3-6-19(12-18)13-27(35)31-15-21-22(28)7-4-8-23(21)29/h3-10,12,14,17,26,30,32-34H,11,13,15-16H2,1-2H3,(H,31,35)/t17-,26+/m1/s1. The van der Waals surface area contributed by atoms with E-state index in [2.05, 4.69) is 15.4 Å². The van der Waals surface area contributed by atoms with Gasteiger partial charge < -0.3 is 20.8 Å². The summed E-state index contributed by atoms with van der Waals surface area (Å²) in [5, 5.41) is 26.6. The van der Waals surface area contributed by atoms with Crippen LogP contribution in [0.15, 0.2) is 60.7 Å². The third-order valence-electron chi connectivity index (χ3n) is 5.78. The number of aliphatic hydroxyl groups excluding tert-OH is 1. The van der Waals surface area contributed by atoms with Gasteiger partial charge in [-0.3, -0.25) is 9.52 Å². The molecule has 0 aliphatic rings. The van der Waals surface area contributed by atoms with Crippen LogP contribution in [-0.4, -0.2) is 43.4 Å². The number of phenolic OH excluding ortho intramolecular Hbond substituents is 1. The normalized spacial score (nSPS) is 13.1. The second-order valence-corrected chi connectivity index (χ2v) is 11.3. The Labute approximate surface area is 226 Å². The molecule has 3 aromatic carbocycles. The predicted octanol–water partition coefficient (Wildman–Crippen LogP) is 3.67. The molecule has 38 heavy (non-hydrogen) atoms. The molecule has 3 aromatic rings. The van der Waals surface area contributed by atoms with Crippen LogP contribution >= 0.6 is 11.6 Å². The molecule has 0 unspecified atom stereocenters. The number of halogens is 2. The quantitative estimate of drug-likeness (QED) is 0.214. The van der Waals surface area contributed by atoms with Crippen molar-refractivity contribution in [3.8, 4) is 5.75 Å². The average molecular weight is 564 g/mol. The van der Waals surface area contributed by atoms with E-state index in [4.69, 9.17) is 11.6 Å². The monoisotopic (exact) mass is 563 g/mol. The number of carbonyl (C=O) groups is 1. The summed E-state index contributed by atoms with van der Waals surface area (Å²) >= 11 is 6.01. The summed E-state index contributed by atoms with van der Waals surface area (Å²) in [7, 11) is -3.59. The highest BCUT2D eigenvalue weighted by molar-refractivity contribution is 7.92. The molecule has 1 amide bonds. The fraction of sp³-hybridized carbons (Fsp3) is 0.296. The van der Waals surface area contributed by atoms with Crippen molar-refractivity contribution in [2.75, 3.05) is 17.5 Å². The topological polar surface area (TPSA) is 128 Å². The average Bonchev–Trinajstić information content (AvgIpc) is 2.83. The Kier molecular flexibility index (Phi) is 10.1. The molecule has 0 aliphatic heterocycles. The van der Waals surface area contributed by atoms with E-state index >= 15 is 0 Å². The number of anilines is 1. The molecule has 11 heteroatoms. The molecule has 3 rings (SSSR count). The Balaban J connectivity index is 1.51. The van der Waals surface area contributed by atoms with Gasteiger partial charge in [-0.1, -0.05) is 48.0 Å². The summed E-state index contributed by atoms with van der Waals surface area (Å²) in [6.07, 6.45) is 0.799. The second kappa shape index (κ2) is 13.1. The highest BCUT2D eigenvalue weighted by Gasteiger charge is 2.15. The molecule has 0 aliphatic carbocycles. The van der Waals surface area contributed by atoms with E-state index in [0.29, 0.717) is 12.0 Å². The lowest BCUT2D eigenvalue weighted by Crippen LogP contribution is -2.32. The molecule has 0 heterocycles. The van der Waals surface area contributed by atoms with Gasteiger partial charge in [-0.25, -0.2) is 12.8 Å².